The monoisotopic (exact) mass is 232 g/mol. The smallest absolute Gasteiger partial charge is 0.289 e. The quantitative estimate of drug-likeness (QED) is 0.797. The van der Waals surface area contributed by atoms with Gasteiger partial charge in [0.1, 0.15) is 0 Å². The molecule has 1 amide bonds. The van der Waals surface area contributed by atoms with Crippen LogP contribution in [0.4, 0.5) is 0 Å². The molecule has 2 aliphatic heterocycles. The van der Waals surface area contributed by atoms with E-state index in [9.17, 15) is 4.79 Å². The fourth-order valence-electron chi connectivity index (χ4n) is 2.83. The molecule has 17 heavy (non-hydrogen) atoms. The highest BCUT2D eigenvalue weighted by Gasteiger charge is 2.33. The van der Waals surface area contributed by atoms with Gasteiger partial charge in [0.05, 0.1) is 0 Å². The zero-order valence-corrected chi connectivity index (χ0v) is 9.67. The highest BCUT2D eigenvalue weighted by Crippen LogP contribution is 2.26. The van der Waals surface area contributed by atoms with E-state index < -0.39 is 0 Å². The molecule has 0 aromatic carbocycles. The second kappa shape index (κ2) is 4.41. The third-order valence-corrected chi connectivity index (χ3v) is 3.57. The van der Waals surface area contributed by atoms with Gasteiger partial charge in [0.25, 0.3) is 5.91 Å². The van der Waals surface area contributed by atoms with Crippen LogP contribution in [-0.2, 0) is 0 Å². The van der Waals surface area contributed by atoms with Crippen LogP contribution in [-0.4, -0.2) is 46.5 Å². The van der Waals surface area contributed by atoms with Crippen LogP contribution in [0, 0.1) is 5.92 Å². The normalized spacial score (nSPS) is 31.2. The Bertz CT molecular complexity index is 396. The average molecular weight is 232 g/mol. The van der Waals surface area contributed by atoms with Crippen LogP contribution < -0.4 is 5.32 Å². The highest BCUT2D eigenvalue weighted by molar-refractivity contribution is 5.90. The Balaban J connectivity index is 1.62. The SMILES string of the molecule is O=C(NC1CC2CCN(C2)C1)c1ncccn1. The summed E-state index contributed by atoms with van der Waals surface area (Å²) in [7, 11) is 0. The van der Waals surface area contributed by atoms with Gasteiger partial charge in [-0.3, -0.25) is 4.79 Å². The molecule has 1 aromatic rings. The van der Waals surface area contributed by atoms with E-state index in [1.54, 1.807) is 18.5 Å². The predicted molar refractivity (Wildman–Crippen MR) is 62.5 cm³/mol. The Morgan fingerprint density at radius 1 is 1.35 bits per heavy atom. The van der Waals surface area contributed by atoms with Crippen molar-refractivity contribution >= 4 is 5.91 Å². The van der Waals surface area contributed by atoms with Crippen molar-refractivity contribution in [3.8, 4) is 0 Å². The van der Waals surface area contributed by atoms with Gasteiger partial charge in [-0.15, -0.1) is 0 Å². The molecule has 0 radical (unpaired) electrons. The number of amides is 1. The zero-order valence-electron chi connectivity index (χ0n) is 9.67. The van der Waals surface area contributed by atoms with Crippen molar-refractivity contribution < 1.29 is 4.79 Å². The van der Waals surface area contributed by atoms with Crippen molar-refractivity contribution in [2.24, 2.45) is 5.92 Å². The van der Waals surface area contributed by atoms with E-state index in [0.29, 0.717) is 0 Å². The summed E-state index contributed by atoms with van der Waals surface area (Å²) in [6.07, 6.45) is 5.55. The summed E-state index contributed by atoms with van der Waals surface area (Å²) >= 11 is 0. The molecule has 3 heterocycles. The molecule has 2 aliphatic rings. The molecule has 2 fully saturated rings. The zero-order chi connectivity index (χ0) is 11.7. The van der Waals surface area contributed by atoms with Gasteiger partial charge in [-0.2, -0.15) is 0 Å². The molecule has 5 nitrogen and oxygen atoms in total. The molecule has 1 N–H and O–H groups in total. The molecular formula is C12H16N4O. The largest absolute Gasteiger partial charge is 0.345 e. The Kier molecular flexibility index (Phi) is 2.76. The molecule has 0 aliphatic carbocycles. The molecule has 1 aromatic heterocycles. The van der Waals surface area contributed by atoms with Gasteiger partial charge >= 0.3 is 0 Å². The average Bonchev–Trinajstić information content (AvgIpc) is 2.70. The van der Waals surface area contributed by atoms with Crippen molar-refractivity contribution in [3.05, 3.63) is 24.3 Å². The summed E-state index contributed by atoms with van der Waals surface area (Å²) in [5, 5.41) is 3.03. The van der Waals surface area contributed by atoms with Gasteiger partial charge in [-0.1, -0.05) is 0 Å². The van der Waals surface area contributed by atoms with Gasteiger partial charge in [0, 0.05) is 31.5 Å². The number of hydrogen-bond acceptors (Lipinski definition) is 4. The van der Waals surface area contributed by atoms with Crippen LogP contribution in [0.1, 0.15) is 23.5 Å². The van der Waals surface area contributed by atoms with Gasteiger partial charge in [-0.25, -0.2) is 9.97 Å². The van der Waals surface area contributed by atoms with E-state index in [2.05, 4.69) is 20.2 Å². The Hall–Kier alpha value is -1.49. The molecule has 0 saturated carbocycles. The highest BCUT2D eigenvalue weighted by atomic mass is 16.2. The van der Waals surface area contributed by atoms with E-state index in [1.165, 1.54) is 19.5 Å². The topological polar surface area (TPSA) is 58.1 Å². The lowest BCUT2D eigenvalue weighted by Crippen LogP contribution is -2.47. The molecular weight excluding hydrogens is 216 g/mol. The van der Waals surface area contributed by atoms with E-state index >= 15 is 0 Å². The van der Waals surface area contributed by atoms with E-state index in [1.807, 2.05) is 0 Å². The minimum atomic E-state index is -0.155. The Morgan fingerprint density at radius 3 is 2.94 bits per heavy atom. The number of fused-ring (bicyclic) bond motifs is 2. The Morgan fingerprint density at radius 2 is 2.18 bits per heavy atom. The maximum absolute atomic E-state index is 11.9. The maximum Gasteiger partial charge on any atom is 0.289 e. The van der Waals surface area contributed by atoms with Crippen LogP contribution >= 0.6 is 0 Å². The first-order valence-electron chi connectivity index (χ1n) is 6.11. The van der Waals surface area contributed by atoms with Gasteiger partial charge < -0.3 is 10.2 Å². The summed E-state index contributed by atoms with van der Waals surface area (Å²) in [5.74, 6) is 0.865. The first-order chi connectivity index (χ1) is 8.31. The number of carbonyl (C=O) groups excluding carboxylic acids is 1. The van der Waals surface area contributed by atoms with Crippen molar-refractivity contribution in [2.75, 3.05) is 19.6 Å². The van der Waals surface area contributed by atoms with Gasteiger partial charge in [0.2, 0.25) is 5.82 Å². The minimum absolute atomic E-state index is 0.155. The third-order valence-electron chi connectivity index (χ3n) is 3.57. The molecule has 5 heteroatoms. The number of aromatic nitrogens is 2. The number of piperidine rings is 1. The van der Waals surface area contributed by atoms with Crippen LogP contribution in [0.25, 0.3) is 0 Å². The van der Waals surface area contributed by atoms with Crippen LogP contribution in [0.3, 0.4) is 0 Å². The molecule has 3 unspecified atom stereocenters. The lowest BCUT2D eigenvalue weighted by molar-refractivity contribution is 0.0899. The predicted octanol–water partition coefficient (Wildman–Crippen LogP) is 0.301. The van der Waals surface area contributed by atoms with Crippen molar-refractivity contribution in [1.29, 1.82) is 0 Å². The summed E-state index contributed by atoms with van der Waals surface area (Å²) in [6, 6.07) is 1.97. The number of carbonyl (C=O) groups is 1. The second-order valence-corrected chi connectivity index (χ2v) is 4.89. The molecule has 0 spiro atoms. The van der Waals surface area contributed by atoms with Crippen LogP contribution in [0.2, 0.25) is 0 Å². The summed E-state index contributed by atoms with van der Waals surface area (Å²) in [4.78, 5) is 22.2. The number of nitrogens with zero attached hydrogens (tertiary/aromatic N) is 3. The fraction of sp³-hybridized carbons (Fsp3) is 0.583. The summed E-state index contributed by atoms with van der Waals surface area (Å²) in [6.45, 7) is 3.35. The van der Waals surface area contributed by atoms with Gasteiger partial charge in [0.15, 0.2) is 0 Å². The summed E-state index contributed by atoms with van der Waals surface area (Å²) in [5.41, 5.74) is 0. The molecule has 2 bridgehead atoms. The minimum Gasteiger partial charge on any atom is -0.345 e. The van der Waals surface area contributed by atoms with Crippen molar-refractivity contribution in [3.63, 3.8) is 0 Å². The van der Waals surface area contributed by atoms with Crippen molar-refractivity contribution in [1.82, 2.24) is 20.2 Å². The fourth-order valence-corrected chi connectivity index (χ4v) is 2.83. The number of nitrogens with one attached hydrogen (secondary N) is 1. The molecule has 2 saturated heterocycles. The number of hydrogen-bond donors (Lipinski definition) is 1. The summed E-state index contributed by atoms with van der Waals surface area (Å²) < 4.78 is 0. The lowest BCUT2D eigenvalue weighted by atomic mass is 9.97. The Labute approximate surface area is 100 Å². The standard InChI is InChI=1S/C12H16N4O/c17-12(11-13-3-1-4-14-11)15-10-6-9-2-5-16(7-9)8-10/h1,3-4,9-10H,2,5-8H2,(H,15,17). The van der Waals surface area contributed by atoms with Crippen LogP contribution in [0.5, 0.6) is 0 Å². The van der Waals surface area contributed by atoms with Crippen LogP contribution in [0.15, 0.2) is 18.5 Å². The first-order valence-corrected chi connectivity index (χ1v) is 6.11. The number of rotatable bonds is 2. The third kappa shape index (κ3) is 2.29. The van der Waals surface area contributed by atoms with E-state index in [-0.39, 0.29) is 17.8 Å². The molecule has 3 rings (SSSR count). The lowest BCUT2D eigenvalue weighted by Gasteiger charge is -2.30. The molecule has 90 valence electrons. The van der Waals surface area contributed by atoms with Crippen molar-refractivity contribution in [2.45, 2.75) is 18.9 Å². The van der Waals surface area contributed by atoms with Gasteiger partial charge in [-0.05, 0) is 31.4 Å². The second-order valence-electron chi connectivity index (χ2n) is 4.89. The van der Waals surface area contributed by atoms with E-state index in [0.717, 1.165) is 18.9 Å². The maximum atomic E-state index is 11.9. The molecule has 3 atom stereocenters. The van der Waals surface area contributed by atoms with E-state index in [4.69, 9.17) is 0 Å². The first kappa shape index (κ1) is 10.7.